The molecule has 12 heteroatoms. The number of pyridine rings is 1. The zero-order valence-corrected chi connectivity index (χ0v) is 29.6. The number of benzene rings is 1. The minimum atomic E-state index is -0.635. The van der Waals surface area contributed by atoms with E-state index in [-0.39, 0.29) is 46.4 Å². The smallest absolute Gasteiger partial charge is 0.248 e. The molecule has 1 aromatic carbocycles. The SMILES string of the molecule is CC(=O)c1nn(CC(=O)N2C3C[C@]4(CC24)CC24CC(COCc5ccc(Br)nc5NC3=O)(C2)[C@@H]4C)c2c(C)cc(-c3cnc(C)nc3)cc12. The van der Waals surface area contributed by atoms with Crippen molar-refractivity contribution in [2.75, 3.05) is 11.9 Å². The quantitative estimate of drug-likeness (QED) is 0.206. The lowest BCUT2D eigenvalue weighted by atomic mass is 9.28. The summed E-state index contributed by atoms with van der Waals surface area (Å²) in [6.07, 6.45) is 8.40. The lowest BCUT2D eigenvalue weighted by molar-refractivity contribution is -0.300. The maximum absolute atomic E-state index is 14.5. The monoisotopic (exact) mass is 723 g/mol. The van der Waals surface area contributed by atoms with Crippen LogP contribution < -0.4 is 5.32 Å². The largest absolute Gasteiger partial charge is 0.376 e. The summed E-state index contributed by atoms with van der Waals surface area (Å²) in [6, 6.07) is 7.08. The first-order valence-corrected chi connectivity index (χ1v) is 17.9. The molecule has 7 heterocycles. The predicted molar refractivity (Wildman–Crippen MR) is 184 cm³/mol. The number of amides is 2. The van der Waals surface area contributed by atoms with E-state index >= 15 is 0 Å². The number of nitrogens with zero attached hydrogens (tertiary/aromatic N) is 6. The van der Waals surface area contributed by atoms with E-state index < -0.39 is 6.04 Å². The minimum Gasteiger partial charge on any atom is -0.376 e. The maximum Gasteiger partial charge on any atom is 0.248 e. The van der Waals surface area contributed by atoms with Crippen LogP contribution in [0.25, 0.3) is 22.0 Å². The van der Waals surface area contributed by atoms with Gasteiger partial charge in [-0.05, 0) is 113 Å². The van der Waals surface area contributed by atoms with Crippen LogP contribution in [0.15, 0.2) is 41.3 Å². The van der Waals surface area contributed by atoms with Crippen molar-refractivity contribution < 1.29 is 19.1 Å². The number of ether oxygens (including phenoxy) is 1. The van der Waals surface area contributed by atoms with Crippen molar-refractivity contribution in [2.24, 2.45) is 22.2 Å². The molecule has 4 aromatic rings. The number of carbonyl (C=O) groups excluding carboxylic acids is 3. The summed E-state index contributed by atoms with van der Waals surface area (Å²) < 4.78 is 8.52. The van der Waals surface area contributed by atoms with Crippen LogP contribution in [-0.2, 0) is 27.5 Å². The average Bonchev–Trinajstić information content (AvgIpc) is 3.44. The van der Waals surface area contributed by atoms with Crippen LogP contribution in [0.2, 0.25) is 0 Å². The molecule has 8 aliphatic rings. The molecule has 11 nitrogen and oxygen atoms in total. The second kappa shape index (κ2) is 10.5. The fourth-order valence-corrected chi connectivity index (χ4v) is 10.4. The molecule has 4 aliphatic carbocycles. The molecule has 0 radical (unpaired) electrons. The first-order valence-electron chi connectivity index (χ1n) is 17.1. The zero-order chi connectivity index (χ0) is 34.0. The summed E-state index contributed by atoms with van der Waals surface area (Å²) in [6.45, 7) is 8.64. The summed E-state index contributed by atoms with van der Waals surface area (Å²) in [5.74, 6) is 1.10. The third-order valence-corrected chi connectivity index (χ3v) is 13.0. The number of aromatic nitrogens is 5. The number of carbonyl (C=O) groups is 3. The van der Waals surface area contributed by atoms with Crippen LogP contribution in [0.4, 0.5) is 5.82 Å². The van der Waals surface area contributed by atoms with Crippen molar-refractivity contribution in [3.63, 3.8) is 0 Å². The van der Waals surface area contributed by atoms with E-state index in [1.807, 2.05) is 43.0 Å². The van der Waals surface area contributed by atoms with Crippen LogP contribution in [-0.4, -0.2) is 65.9 Å². The molecule has 1 N–H and O–H groups in total. The summed E-state index contributed by atoms with van der Waals surface area (Å²) in [5.41, 5.74) is 4.85. The van der Waals surface area contributed by atoms with Gasteiger partial charge in [-0.15, -0.1) is 0 Å². The third-order valence-electron chi connectivity index (χ3n) is 12.6. The first-order chi connectivity index (χ1) is 23.4. The summed E-state index contributed by atoms with van der Waals surface area (Å²) in [7, 11) is 0. The number of aryl methyl sites for hydroxylation is 2. The number of fused-ring (bicyclic) bond motifs is 1. The molecular weight excluding hydrogens is 686 g/mol. The second-order valence-corrected chi connectivity index (χ2v) is 16.3. The van der Waals surface area contributed by atoms with E-state index in [2.05, 4.69) is 43.1 Å². The van der Waals surface area contributed by atoms with E-state index in [9.17, 15) is 14.4 Å². The van der Waals surface area contributed by atoms with Gasteiger partial charge in [0.05, 0.1) is 18.7 Å². The maximum atomic E-state index is 14.5. The van der Waals surface area contributed by atoms with Gasteiger partial charge < -0.3 is 15.0 Å². The van der Waals surface area contributed by atoms with E-state index in [4.69, 9.17) is 9.84 Å². The Morgan fingerprint density at radius 3 is 2.53 bits per heavy atom. The Morgan fingerprint density at radius 1 is 1.04 bits per heavy atom. The highest BCUT2D eigenvalue weighted by molar-refractivity contribution is 9.10. The number of halogens is 1. The number of hydrogen-bond donors (Lipinski definition) is 1. The highest BCUT2D eigenvalue weighted by atomic mass is 79.9. The molecule has 4 saturated carbocycles. The number of anilines is 1. The van der Waals surface area contributed by atoms with Gasteiger partial charge in [-0.3, -0.25) is 19.1 Å². The second-order valence-electron chi connectivity index (χ2n) is 15.5. The van der Waals surface area contributed by atoms with Gasteiger partial charge in [-0.2, -0.15) is 5.10 Å². The molecule has 252 valence electrons. The van der Waals surface area contributed by atoms with Gasteiger partial charge >= 0.3 is 0 Å². The number of piperidine rings is 1. The van der Waals surface area contributed by atoms with Gasteiger partial charge in [0.2, 0.25) is 11.8 Å². The summed E-state index contributed by atoms with van der Waals surface area (Å²) in [5, 5.41) is 8.46. The van der Waals surface area contributed by atoms with Crippen LogP contribution in [0.1, 0.15) is 73.4 Å². The van der Waals surface area contributed by atoms with Crippen LogP contribution >= 0.6 is 15.9 Å². The van der Waals surface area contributed by atoms with Crippen molar-refractivity contribution in [1.82, 2.24) is 29.6 Å². The Kier molecular flexibility index (Phi) is 6.63. The lowest BCUT2D eigenvalue weighted by Crippen LogP contribution is -2.71. The highest BCUT2D eigenvalue weighted by Gasteiger charge is 2.78. The zero-order valence-electron chi connectivity index (χ0n) is 28.0. The van der Waals surface area contributed by atoms with Crippen molar-refractivity contribution in [2.45, 2.75) is 85.0 Å². The number of ketones is 1. The number of rotatable bonds is 4. The van der Waals surface area contributed by atoms with Crippen molar-refractivity contribution >= 4 is 50.2 Å². The Hall–Kier alpha value is -4.03. The number of Topliss-reactive ketones (excluding diaryl/α,β-unsaturated/α-hetero) is 1. The Balaban J connectivity index is 1.07. The molecular formula is C37H38BrN7O4. The normalized spacial score (nSPS) is 31.2. The molecule has 5 fully saturated rings. The molecule has 4 atom stereocenters. The lowest BCUT2D eigenvalue weighted by Gasteiger charge is -2.77. The topological polar surface area (TPSA) is 132 Å². The summed E-state index contributed by atoms with van der Waals surface area (Å²) >= 11 is 3.46. The van der Waals surface area contributed by atoms with Crippen molar-refractivity contribution in [1.29, 1.82) is 0 Å². The van der Waals surface area contributed by atoms with Gasteiger partial charge in [0.15, 0.2) is 5.78 Å². The average molecular weight is 725 g/mol. The fourth-order valence-electron chi connectivity index (χ4n) is 10.1. The van der Waals surface area contributed by atoms with Crippen LogP contribution in [0, 0.1) is 36.0 Å². The van der Waals surface area contributed by atoms with E-state index in [0.29, 0.717) is 52.9 Å². The van der Waals surface area contributed by atoms with Crippen LogP contribution in [0.5, 0.6) is 0 Å². The standard InChI is InChI=1S/C37H38BrN7O4/c1-19-7-24(25-11-39-22(4)40-12-25)8-26-31(20(2)46)43-44(32(19)26)13-30(47)45-27-9-35(10-28(35)45)15-36-16-37(17-36,21(36)3)18-49-14-23-5-6-29(38)41-33(23)42-34(27)48/h5-8,11-12,21,27-28H,9-10,13-18H2,1-4H3,(H,41,42,48)/t21-,27?,28?,35+,36?,37?/m1/s1. The Labute approximate surface area is 292 Å². The molecule has 2 amide bonds. The van der Waals surface area contributed by atoms with Crippen LogP contribution in [0.3, 0.4) is 0 Å². The van der Waals surface area contributed by atoms with E-state index in [1.165, 1.54) is 6.92 Å². The molecule has 1 saturated heterocycles. The molecule has 49 heavy (non-hydrogen) atoms. The number of nitrogens with one attached hydrogen (secondary N) is 1. The molecule has 4 aliphatic heterocycles. The third kappa shape index (κ3) is 4.59. The predicted octanol–water partition coefficient (Wildman–Crippen LogP) is 5.81. The first kappa shape index (κ1) is 31.0. The molecule has 4 bridgehead atoms. The molecule has 2 unspecified atom stereocenters. The molecule has 3 aromatic heterocycles. The van der Waals surface area contributed by atoms with Gasteiger partial charge in [0, 0.05) is 41.9 Å². The molecule has 12 rings (SSSR count). The summed E-state index contributed by atoms with van der Waals surface area (Å²) in [4.78, 5) is 56.7. The Morgan fingerprint density at radius 2 is 1.80 bits per heavy atom. The van der Waals surface area contributed by atoms with Crippen molar-refractivity contribution in [3.05, 3.63) is 63.9 Å². The number of hydrogen-bond acceptors (Lipinski definition) is 8. The van der Waals surface area contributed by atoms with Gasteiger partial charge in [0.1, 0.15) is 34.5 Å². The van der Waals surface area contributed by atoms with Crippen molar-refractivity contribution in [3.8, 4) is 11.1 Å². The van der Waals surface area contributed by atoms with E-state index in [1.54, 1.807) is 17.1 Å². The number of likely N-dealkylation sites (tertiary alicyclic amines) is 1. The van der Waals surface area contributed by atoms with E-state index in [0.717, 1.165) is 53.5 Å². The van der Waals surface area contributed by atoms with Gasteiger partial charge in [-0.1, -0.05) is 13.0 Å². The van der Waals surface area contributed by atoms with Gasteiger partial charge in [-0.25, -0.2) is 15.0 Å². The highest BCUT2D eigenvalue weighted by Crippen LogP contribution is 2.82. The minimum absolute atomic E-state index is 0.00687. The molecule has 1 spiro atoms. The van der Waals surface area contributed by atoms with Gasteiger partial charge in [0.25, 0.3) is 0 Å². The fraction of sp³-hybridized carbons (Fsp3) is 0.486. The Bertz CT molecular complexity index is 2110.